The average molecular weight is 855 g/mol. The third kappa shape index (κ3) is 7.19. The summed E-state index contributed by atoms with van der Waals surface area (Å²) in [5, 5.41) is 85.5. The van der Waals surface area contributed by atoms with Crippen LogP contribution in [0, 0.1) is 46.3 Å². The maximum Gasteiger partial charge on any atom is 0.187 e. The number of aliphatic hydroxyl groups is 8. The van der Waals surface area contributed by atoms with E-state index in [0.717, 1.165) is 45.1 Å². The van der Waals surface area contributed by atoms with Crippen LogP contribution in [0.5, 0.6) is 0 Å². The second-order valence-electron chi connectivity index (χ2n) is 20.6. The number of ether oxygens (including phenoxy) is 8. The normalized spacial score (nSPS) is 57.9. The number of hydrogen-bond donors (Lipinski definition) is 8. The number of hydrogen-bond acceptors (Lipinski definition) is 16. The fourth-order valence-corrected chi connectivity index (χ4v) is 13.7. The van der Waals surface area contributed by atoms with E-state index in [4.69, 9.17) is 37.9 Å². The van der Waals surface area contributed by atoms with Crippen molar-refractivity contribution in [3.8, 4) is 0 Å². The molecule has 0 bridgehead atoms. The molecule has 0 aromatic heterocycles. The summed E-state index contributed by atoms with van der Waals surface area (Å²) in [4.78, 5) is 0. The van der Waals surface area contributed by atoms with Crippen LogP contribution in [0.25, 0.3) is 0 Å². The quantitative estimate of drug-likeness (QED) is 0.166. The second kappa shape index (κ2) is 16.5. The topological polar surface area (TPSA) is 236 Å². The van der Waals surface area contributed by atoms with Crippen LogP contribution < -0.4 is 0 Å². The van der Waals surface area contributed by atoms with Crippen LogP contribution in [0.4, 0.5) is 0 Å². The fourth-order valence-electron chi connectivity index (χ4n) is 13.7. The zero-order chi connectivity index (χ0) is 42.6. The van der Waals surface area contributed by atoms with Crippen molar-refractivity contribution in [1.29, 1.82) is 0 Å². The molecule has 0 aromatic rings. The monoisotopic (exact) mass is 854 g/mol. The van der Waals surface area contributed by atoms with E-state index in [1.54, 1.807) is 0 Å². The lowest BCUT2D eigenvalue weighted by Crippen LogP contribution is -2.65. The van der Waals surface area contributed by atoms with E-state index in [-0.39, 0.29) is 29.6 Å². The zero-order valence-corrected chi connectivity index (χ0v) is 35.6. The first-order valence-corrected chi connectivity index (χ1v) is 22.8. The van der Waals surface area contributed by atoms with E-state index in [1.165, 1.54) is 25.3 Å². The standard InChI is InChI=1S/C44H70O16/c1-19-8-13-44(54-17-19)20(2)30-28(60-44)15-26-24-7-6-22-14-23(9-11-42(22,4)25(24)10-12-43(26,30)5)56-40-36(52)34(50)37(29(16-45)57-40)58-41-38(32(48)27(46)18-53-41)59-39-35(51)33(49)31(47)21(3)55-39/h6,19-21,23-41,45-52H,7-18H2,1-5H3/t19-,20-,21+,23+,24+,25-,26-,27+,28-,29+,30-,31+,32-,33-,34+,35+,36+,37+,38+,39-,40+,41-,42+,43-,44+/m1/s1. The van der Waals surface area contributed by atoms with Gasteiger partial charge in [-0.1, -0.05) is 39.3 Å². The third-order valence-electron chi connectivity index (χ3n) is 17.3. The van der Waals surface area contributed by atoms with Crippen molar-refractivity contribution in [3.63, 3.8) is 0 Å². The molecule has 16 nitrogen and oxygen atoms in total. The first kappa shape index (κ1) is 44.3. The molecule has 9 aliphatic rings. The molecular weight excluding hydrogens is 784 g/mol. The first-order valence-electron chi connectivity index (χ1n) is 22.8. The molecule has 0 radical (unpaired) electrons. The second-order valence-corrected chi connectivity index (χ2v) is 20.6. The van der Waals surface area contributed by atoms with E-state index in [1.807, 2.05) is 0 Å². The minimum Gasteiger partial charge on any atom is -0.394 e. The van der Waals surface area contributed by atoms with Crippen molar-refractivity contribution in [2.45, 2.75) is 196 Å². The highest BCUT2D eigenvalue weighted by atomic mass is 16.8. The van der Waals surface area contributed by atoms with Crippen molar-refractivity contribution in [2.24, 2.45) is 46.3 Å². The third-order valence-corrected chi connectivity index (χ3v) is 17.3. The predicted octanol–water partition coefficient (Wildman–Crippen LogP) is 0.853. The summed E-state index contributed by atoms with van der Waals surface area (Å²) in [7, 11) is 0. The van der Waals surface area contributed by atoms with Gasteiger partial charge in [-0.2, -0.15) is 0 Å². The van der Waals surface area contributed by atoms with Gasteiger partial charge in [0, 0.05) is 12.3 Å². The molecule has 5 saturated heterocycles. The Kier molecular flexibility index (Phi) is 12.2. The Labute approximate surface area is 352 Å². The maximum atomic E-state index is 11.4. The first-order chi connectivity index (χ1) is 28.5. The summed E-state index contributed by atoms with van der Waals surface area (Å²) in [6, 6.07) is 0. The molecule has 8 fully saturated rings. The van der Waals surface area contributed by atoms with Crippen LogP contribution >= 0.6 is 0 Å². The lowest BCUT2D eigenvalue weighted by molar-refractivity contribution is -0.378. The molecule has 8 N–H and O–H groups in total. The van der Waals surface area contributed by atoms with Crippen molar-refractivity contribution in [3.05, 3.63) is 11.6 Å². The molecule has 1 spiro atoms. The van der Waals surface area contributed by atoms with Gasteiger partial charge in [-0.3, -0.25) is 0 Å². The Balaban J connectivity index is 0.836. The molecule has 4 aliphatic carbocycles. The number of fused-ring (bicyclic) bond motifs is 7. The minimum absolute atomic E-state index is 0.0294. The molecule has 5 heterocycles. The Hall–Kier alpha value is -0.900. The largest absolute Gasteiger partial charge is 0.394 e. The molecule has 0 aromatic carbocycles. The zero-order valence-electron chi connectivity index (χ0n) is 35.6. The summed E-state index contributed by atoms with van der Waals surface area (Å²) in [6.45, 7) is 10.9. The van der Waals surface area contributed by atoms with E-state index in [9.17, 15) is 40.9 Å². The van der Waals surface area contributed by atoms with E-state index in [0.29, 0.717) is 41.9 Å². The molecule has 16 heteroatoms. The SMILES string of the molecule is C[C@@H]1CC[C@]2(OC1)O[C@@H]1C[C@@H]3[C@H]4CC=C5C[C@@H](O[C@H]6O[C@@H](CO)[C@H](O[C@H]7OC[C@H](O)[C@@H](O)[C@@H]7O[C@H]7O[C@@H](C)[C@H](O)[C@@H](O)[C@@H]7O)[C@@H](O)[C@@H]6O)CC[C@]5(C)[C@@H]4CC[C@@]3(C)[C@@H]1[C@H]2C. The number of aliphatic hydroxyl groups excluding tert-OH is 8. The Bertz CT molecular complexity index is 1560. The van der Waals surface area contributed by atoms with E-state index in [2.05, 4.69) is 33.8 Å². The fraction of sp³-hybridized carbons (Fsp3) is 0.955. The lowest BCUT2D eigenvalue weighted by Gasteiger charge is -2.58. The van der Waals surface area contributed by atoms with E-state index >= 15 is 0 Å². The van der Waals surface area contributed by atoms with Gasteiger partial charge < -0.3 is 78.7 Å². The molecule has 0 unspecified atom stereocenters. The molecule has 342 valence electrons. The number of rotatable bonds is 7. The van der Waals surface area contributed by atoms with Gasteiger partial charge in [0.25, 0.3) is 0 Å². The Morgan fingerprint density at radius 2 is 1.47 bits per heavy atom. The summed E-state index contributed by atoms with van der Waals surface area (Å²) in [6.07, 6.45) is -9.06. The predicted molar refractivity (Wildman–Crippen MR) is 208 cm³/mol. The highest BCUT2D eigenvalue weighted by molar-refractivity contribution is 5.26. The van der Waals surface area contributed by atoms with Crippen molar-refractivity contribution >= 4 is 0 Å². The van der Waals surface area contributed by atoms with Gasteiger partial charge in [0.2, 0.25) is 0 Å². The van der Waals surface area contributed by atoms with Crippen LogP contribution in [0.15, 0.2) is 11.6 Å². The van der Waals surface area contributed by atoms with Crippen LogP contribution in [0.2, 0.25) is 0 Å². The average Bonchev–Trinajstić information content (AvgIpc) is 3.68. The number of allylic oxidation sites excluding steroid dienone is 1. The maximum absolute atomic E-state index is 11.4. The molecule has 3 saturated carbocycles. The summed E-state index contributed by atoms with van der Waals surface area (Å²) in [5.41, 5.74) is 1.63. The van der Waals surface area contributed by atoms with Gasteiger partial charge in [0.05, 0.1) is 38.1 Å². The Morgan fingerprint density at radius 1 is 0.733 bits per heavy atom. The molecule has 5 aliphatic heterocycles. The highest BCUT2D eigenvalue weighted by Crippen LogP contribution is 2.70. The van der Waals surface area contributed by atoms with Crippen molar-refractivity contribution in [1.82, 2.24) is 0 Å². The van der Waals surface area contributed by atoms with Crippen LogP contribution in [0.3, 0.4) is 0 Å². The van der Waals surface area contributed by atoms with Crippen LogP contribution in [-0.2, 0) is 37.9 Å². The Morgan fingerprint density at radius 3 is 2.20 bits per heavy atom. The minimum atomic E-state index is -1.72. The molecular formula is C44H70O16. The molecule has 60 heavy (non-hydrogen) atoms. The van der Waals surface area contributed by atoms with Gasteiger partial charge in [0.1, 0.15) is 61.0 Å². The van der Waals surface area contributed by atoms with Gasteiger partial charge in [-0.05, 0) is 98.7 Å². The van der Waals surface area contributed by atoms with Crippen LogP contribution in [-0.4, -0.2) is 165 Å². The summed E-state index contributed by atoms with van der Waals surface area (Å²) >= 11 is 0. The lowest BCUT2D eigenvalue weighted by atomic mass is 9.47. The van der Waals surface area contributed by atoms with Gasteiger partial charge in [0.15, 0.2) is 24.7 Å². The molecule has 25 atom stereocenters. The van der Waals surface area contributed by atoms with Crippen molar-refractivity contribution in [2.75, 3.05) is 19.8 Å². The summed E-state index contributed by atoms with van der Waals surface area (Å²) < 4.78 is 49.0. The van der Waals surface area contributed by atoms with E-state index < -0.39 is 98.4 Å². The molecule has 9 rings (SSSR count). The van der Waals surface area contributed by atoms with Gasteiger partial charge in [-0.25, -0.2) is 0 Å². The van der Waals surface area contributed by atoms with Gasteiger partial charge >= 0.3 is 0 Å². The smallest absolute Gasteiger partial charge is 0.187 e. The van der Waals surface area contributed by atoms with Crippen molar-refractivity contribution < 1.29 is 78.7 Å². The van der Waals surface area contributed by atoms with Crippen LogP contribution in [0.1, 0.15) is 92.4 Å². The molecule has 0 amide bonds. The highest BCUT2D eigenvalue weighted by Gasteiger charge is 2.69. The van der Waals surface area contributed by atoms with Gasteiger partial charge in [-0.15, -0.1) is 0 Å². The summed E-state index contributed by atoms with van der Waals surface area (Å²) in [5.74, 6) is 2.79.